The van der Waals surface area contributed by atoms with E-state index in [0.717, 1.165) is 32.1 Å². The number of esters is 1. The number of allylic oxidation sites excluding steroid dienone is 2. The van der Waals surface area contributed by atoms with Crippen molar-refractivity contribution in [2.75, 3.05) is 6.61 Å². The lowest BCUT2D eigenvalue weighted by atomic mass is 9.97. The molecule has 0 aromatic rings. The van der Waals surface area contributed by atoms with Crippen molar-refractivity contribution in [3.05, 3.63) is 24.8 Å². The summed E-state index contributed by atoms with van der Waals surface area (Å²) in [6.45, 7) is 5.90. The van der Waals surface area contributed by atoms with E-state index in [4.69, 9.17) is 4.74 Å². The molecule has 1 N–H and O–H groups in total. The molecule has 0 aliphatic carbocycles. The minimum atomic E-state index is -0.910. The first-order valence-corrected chi connectivity index (χ1v) is 14.8. The van der Waals surface area contributed by atoms with Crippen LogP contribution in [0.15, 0.2) is 24.8 Å². The van der Waals surface area contributed by atoms with Crippen molar-refractivity contribution < 1.29 is 19.4 Å². The molecule has 0 fully saturated rings. The topological polar surface area (TPSA) is 63.6 Å². The van der Waals surface area contributed by atoms with Crippen molar-refractivity contribution in [1.29, 1.82) is 0 Å². The molecule has 0 saturated heterocycles. The van der Waals surface area contributed by atoms with Crippen LogP contribution in [0.1, 0.15) is 148 Å². The maximum atomic E-state index is 11.6. The van der Waals surface area contributed by atoms with E-state index < -0.39 is 17.9 Å². The maximum absolute atomic E-state index is 11.6. The van der Waals surface area contributed by atoms with E-state index in [1.54, 1.807) is 0 Å². The van der Waals surface area contributed by atoms with Gasteiger partial charge in [-0.25, -0.2) is 0 Å². The summed E-state index contributed by atoms with van der Waals surface area (Å²) in [4.78, 5) is 22.9. The number of hydrogen-bond donors (Lipinski definition) is 1. The first-order chi connectivity index (χ1) is 17.1. The van der Waals surface area contributed by atoms with E-state index in [9.17, 15) is 14.7 Å². The second-order valence-electron chi connectivity index (χ2n) is 10.1. The maximum Gasteiger partial charge on any atom is 0.307 e. The van der Waals surface area contributed by atoms with Gasteiger partial charge >= 0.3 is 11.9 Å². The van der Waals surface area contributed by atoms with Gasteiger partial charge in [0, 0.05) is 0 Å². The Morgan fingerprint density at radius 3 is 1.57 bits per heavy atom. The molecule has 1 unspecified atom stereocenters. The van der Waals surface area contributed by atoms with Gasteiger partial charge in [0.05, 0.1) is 12.3 Å². The predicted molar refractivity (Wildman–Crippen MR) is 149 cm³/mol. The summed E-state index contributed by atoms with van der Waals surface area (Å²) < 4.78 is 4.90. The molecule has 0 bridgehead atoms. The molecule has 4 heteroatoms. The Kier molecular flexibility index (Phi) is 25.8. The van der Waals surface area contributed by atoms with E-state index >= 15 is 0 Å². The third-order valence-electron chi connectivity index (χ3n) is 6.69. The van der Waals surface area contributed by atoms with Crippen LogP contribution >= 0.6 is 0 Å². The molecule has 0 aliphatic rings. The Bertz CT molecular complexity index is 526. The highest BCUT2D eigenvalue weighted by molar-refractivity contribution is 5.78. The van der Waals surface area contributed by atoms with Crippen LogP contribution in [0.2, 0.25) is 0 Å². The summed E-state index contributed by atoms with van der Waals surface area (Å²) in [6.07, 6.45) is 32.7. The molecule has 204 valence electrons. The molecule has 0 saturated carbocycles. The lowest BCUT2D eigenvalue weighted by molar-refractivity contribution is -0.151. The molecule has 0 radical (unpaired) electrons. The van der Waals surface area contributed by atoms with Crippen molar-refractivity contribution in [1.82, 2.24) is 0 Å². The number of carboxylic acids is 1. The number of unbranched alkanes of at least 4 members (excludes halogenated alkanes) is 18. The fourth-order valence-electron chi connectivity index (χ4n) is 4.42. The van der Waals surface area contributed by atoms with Crippen LogP contribution in [-0.4, -0.2) is 23.7 Å². The van der Waals surface area contributed by atoms with E-state index in [2.05, 4.69) is 25.7 Å². The van der Waals surface area contributed by atoms with E-state index in [1.165, 1.54) is 102 Å². The molecular weight excluding hydrogens is 436 g/mol. The molecule has 4 nitrogen and oxygen atoms in total. The second kappa shape index (κ2) is 27.0. The number of carboxylic acid groups (broad SMARTS) is 1. The van der Waals surface area contributed by atoms with Gasteiger partial charge in [-0.1, -0.05) is 134 Å². The molecule has 0 spiro atoms. The molecule has 1 atom stereocenters. The van der Waals surface area contributed by atoms with Gasteiger partial charge in [0.1, 0.15) is 6.61 Å². The first-order valence-electron chi connectivity index (χ1n) is 14.8. The van der Waals surface area contributed by atoms with Crippen molar-refractivity contribution >= 4 is 11.9 Å². The Hall–Kier alpha value is -1.58. The van der Waals surface area contributed by atoms with Gasteiger partial charge < -0.3 is 9.84 Å². The monoisotopic (exact) mass is 492 g/mol. The molecule has 35 heavy (non-hydrogen) atoms. The van der Waals surface area contributed by atoms with Gasteiger partial charge in [0.15, 0.2) is 0 Å². The minimum Gasteiger partial charge on any atom is -0.481 e. The van der Waals surface area contributed by atoms with Crippen LogP contribution in [0.3, 0.4) is 0 Å². The molecule has 0 amide bonds. The van der Waals surface area contributed by atoms with Crippen molar-refractivity contribution in [3.63, 3.8) is 0 Å². The summed E-state index contributed by atoms with van der Waals surface area (Å²) in [6, 6.07) is 0. The predicted octanol–water partition coefficient (Wildman–Crippen LogP) is 9.57. The Morgan fingerprint density at radius 1 is 0.714 bits per heavy atom. The number of carbonyl (C=O) groups is 2. The van der Waals surface area contributed by atoms with Crippen molar-refractivity contribution in [2.45, 2.75) is 148 Å². The zero-order valence-corrected chi connectivity index (χ0v) is 23.0. The minimum absolute atomic E-state index is 0.0504. The number of ether oxygens (including phenoxy) is 1. The molecule has 0 aromatic heterocycles. The number of carbonyl (C=O) groups excluding carboxylic acids is 1. The zero-order chi connectivity index (χ0) is 25.8. The van der Waals surface area contributed by atoms with E-state index in [0.29, 0.717) is 6.42 Å². The molecule has 0 aromatic carbocycles. The average molecular weight is 493 g/mol. The van der Waals surface area contributed by atoms with Gasteiger partial charge in [-0.2, -0.15) is 0 Å². The third-order valence-corrected chi connectivity index (χ3v) is 6.69. The van der Waals surface area contributed by atoms with Crippen LogP contribution in [0, 0.1) is 5.92 Å². The first kappa shape index (κ1) is 33.4. The van der Waals surface area contributed by atoms with Crippen LogP contribution in [-0.2, 0) is 14.3 Å². The lowest BCUT2D eigenvalue weighted by Gasteiger charge is -2.11. The third kappa shape index (κ3) is 25.3. The SMILES string of the molecule is C=CCOC(=O)CC(CCCCCC/C=C/CCCCCCCCCCCCCCCC)C(=O)O. The number of rotatable bonds is 27. The normalized spacial score (nSPS) is 12.1. The highest BCUT2D eigenvalue weighted by atomic mass is 16.5. The summed E-state index contributed by atoms with van der Waals surface area (Å²) in [5.41, 5.74) is 0. The van der Waals surface area contributed by atoms with Gasteiger partial charge in [-0.05, 0) is 32.1 Å². The second-order valence-corrected chi connectivity index (χ2v) is 10.1. The quantitative estimate of drug-likeness (QED) is 0.0704. The highest BCUT2D eigenvalue weighted by Crippen LogP contribution is 2.17. The number of aliphatic carboxylic acids is 1. The van der Waals surface area contributed by atoms with Crippen LogP contribution < -0.4 is 0 Å². The fraction of sp³-hybridized carbons (Fsp3) is 0.806. The van der Waals surface area contributed by atoms with Crippen LogP contribution in [0.4, 0.5) is 0 Å². The average Bonchev–Trinajstić information content (AvgIpc) is 2.84. The van der Waals surface area contributed by atoms with Crippen LogP contribution in [0.25, 0.3) is 0 Å². The van der Waals surface area contributed by atoms with Gasteiger partial charge in [0.2, 0.25) is 0 Å². The largest absolute Gasteiger partial charge is 0.481 e. The van der Waals surface area contributed by atoms with E-state index in [1.807, 2.05) is 0 Å². The van der Waals surface area contributed by atoms with E-state index in [-0.39, 0.29) is 13.0 Å². The number of hydrogen-bond acceptors (Lipinski definition) is 3. The van der Waals surface area contributed by atoms with Crippen molar-refractivity contribution in [2.24, 2.45) is 5.92 Å². The van der Waals surface area contributed by atoms with Gasteiger partial charge in [-0.3, -0.25) is 9.59 Å². The Balaban J connectivity index is 3.40. The molecular formula is C31H56O4. The van der Waals surface area contributed by atoms with Crippen molar-refractivity contribution in [3.8, 4) is 0 Å². The van der Waals surface area contributed by atoms with Gasteiger partial charge in [0.25, 0.3) is 0 Å². The summed E-state index contributed by atoms with van der Waals surface area (Å²) in [5, 5.41) is 9.28. The molecule has 0 heterocycles. The highest BCUT2D eigenvalue weighted by Gasteiger charge is 2.21. The summed E-state index contributed by atoms with van der Waals surface area (Å²) >= 11 is 0. The van der Waals surface area contributed by atoms with Crippen LogP contribution in [0.5, 0.6) is 0 Å². The standard InChI is InChI=1S/C31H56O4/c1-3-5-6-7-8-9-10-11-12-13-14-15-16-17-18-19-20-21-22-23-24-25-26-29(31(33)34)28-30(32)35-27-4-2/h4,19-20,29H,2-3,5-18,21-28H2,1H3,(H,33,34)/b20-19+. The zero-order valence-electron chi connectivity index (χ0n) is 23.0. The summed E-state index contributed by atoms with van der Waals surface area (Å²) in [5.74, 6) is -2.01. The smallest absolute Gasteiger partial charge is 0.307 e. The lowest BCUT2D eigenvalue weighted by Crippen LogP contribution is -2.19. The van der Waals surface area contributed by atoms with Gasteiger partial charge in [-0.15, -0.1) is 0 Å². The molecule has 0 rings (SSSR count). The fourth-order valence-corrected chi connectivity index (χ4v) is 4.42. The summed E-state index contributed by atoms with van der Waals surface area (Å²) in [7, 11) is 0. The Morgan fingerprint density at radius 2 is 1.14 bits per heavy atom. The Labute approximate surface area is 217 Å². The molecule has 0 aliphatic heterocycles.